The van der Waals surface area contributed by atoms with Crippen molar-refractivity contribution in [2.24, 2.45) is 5.92 Å². The van der Waals surface area contributed by atoms with Crippen LogP contribution < -0.4 is 0 Å². The van der Waals surface area contributed by atoms with Crippen molar-refractivity contribution in [1.29, 1.82) is 0 Å². The predicted octanol–water partition coefficient (Wildman–Crippen LogP) is 3.00. The van der Waals surface area contributed by atoms with Gasteiger partial charge in [0.2, 0.25) is 0 Å². The maximum atomic E-state index is 12.6. The molecule has 0 radical (unpaired) electrons. The lowest BCUT2D eigenvalue weighted by Gasteiger charge is -2.34. The highest BCUT2D eigenvalue weighted by atomic mass is 32.1. The summed E-state index contributed by atoms with van der Waals surface area (Å²) in [7, 11) is 0. The van der Waals surface area contributed by atoms with Gasteiger partial charge in [-0.15, -0.1) is 11.3 Å². The lowest BCUT2D eigenvalue weighted by molar-refractivity contribution is -0.137. The summed E-state index contributed by atoms with van der Waals surface area (Å²) in [6.45, 7) is 1.88. The van der Waals surface area contributed by atoms with E-state index in [-0.39, 0.29) is 12.5 Å². The summed E-state index contributed by atoms with van der Waals surface area (Å²) in [5.41, 5.74) is 0.828. The van der Waals surface area contributed by atoms with Gasteiger partial charge < -0.3 is 10.2 Å². The third kappa shape index (κ3) is 4.38. The first-order valence-corrected chi connectivity index (χ1v) is 8.88. The number of benzene rings is 1. The summed E-state index contributed by atoms with van der Waals surface area (Å²) in [6, 6.07) is 5.00. The van der Waals surface area contributed by atoms with Crippen molar-refractivity contribution in [2.45, 2.75) is 25.2 Å². The highest BCUT2D eigenvalue weighted by molar-refractivity contribution is 7.13. The van der Waals surface area contributed by atoms with Crippen molar-refractivity contribution in [3.05, 3.63) is 40.9 Å². The van der Waals surface area contributed by atoms with Crippen LogP contribution >= 0.6 is 11.3 Å². The van der Waals surface area contributed by atoms with E-state index >= 15 is 0 Å². The summed E-state index contributed by atoms with van der Waals surface area (Å²) in [5, 5.41) is 21.7. The largest absolute Gasteiger partial charge is 0.416 e. The standard InChI is InChI=1S/C17H19F3N2O2S/c18-17(19,20)13-3-1-11(2-4-13)16-21-14(10-25-16)8-22-6-5-15(24)12(7-22)9-23/h1-4,10,12,15,23-24H,5-9H2/t12-,15-/m1/s1. The van der Waals surface area contributed by atoms with E-state index in [9.17, 15) is 23.4 Å². The van der Waals surface area contributed by atoms with Crippen LogP contribution in [0.4, 0.5) is 13.2 Å². The third-order valence-electron chi connectivity index (χ3n) is 4.41. The molecule has 0 unspecified atom stereocenters. The zero-order valence-corrected chi connectivity index (χ0v) is 14.2. The number of halogens is 3. The van der Waals surface area contributed by atoms with E-state index in [4.69, 9.17) is 0 Å². The van der Waals surface area contributed by atoms with Gasteiger partial charge in [-0.3, -0.25) is 4.90 Å². The van der Waals surface area contributed by atoms with E-state index in [1.165, 1.54) is 23.5 Å². The van der Waals surface area contributed by atoms with E-state index in [0.717, 1.165) is 24.4 Å². The molecule has 1 aliphatic heterocycles. The summed E-state index contributed by atoms with van der Waals surface area (Å²) in [6.07, 6.45) is -4.20. The molecule has 1 aromatic carbocycles. The SMILES string of the molecule is OC[C@H]1CN(Cc2csc(-c3ccc(C(F)(F)F)cc3)n2)CC[C@H]1O. The summed E-state index contributed by atoms with van der Waals surface area (Å²) in [5.74, 6) is -0.151. The summed E-state index contributed by atoms with van der Waals surface area (Å²) >= 11 is 1.39. The Bertz CT molecular complexity index is 703. The number of thiazole rings is 1. The van der Waals surface area contributed by atoms with Gasteiger partial charge in [-0.05, 0) is 18.6 Å². The molecule has 0 amide bonds. The van der Waals surface area contributed by atoms with Gasteiger partial charge in [-0.2, -0.15) is 13.2 Å². The molecule has 2 atom stereocenters. The average molecular weight is 372 g/mol. The summed E-state index contributed by atoms with van der Waals surface area (Å²) in [4.78, 5) is 6.63. The van der Waals surface area contributed by atoms with Crippen LogP contribution in [-0.4, -0.2) is 45.9 Å². The Hall–Kier alpha value is -1.48. The monoisotopic (exact) mass is 372 g/mol. The number of likely N-dealkylation sites (tertiary alicyclic amines) is 1. The zero-order valence-electron chi connectivity index (χ0n) is 13.4. The number of nitrogens with zero attached hydrogens (tertiary/aromatic N) is 2. The van der Waals surface area contributed by atoms with Gasteiger partial charge in [0.05, 0.1) is 17.4 Å². The van der Waals surface area contributed by atoms with Gasteiger partial charge in [0, 0.05) is 43.1 Å². The number of aromatic nitrogens is 1. The smallest absolute Gasteiger partial charge is 0.396 e. The number of piperidine rings is 1. The molecule has 1 saturated heterocycles. The molecule has 1 aromatic heterocycles. The minimum atomic E-state index is -4.34. The minimum absolute atomic E-state index is 0.0501. The van der Waals surface area contributed by atoms with Gasteiger partial charge in [-0.1, -0.05) is 12.1 Å². The molecule has 2 heterocycles. The molecule has 3 rings (SSSR count). The lowest BCUT2D eigenvalue weighted by Crippen LogP contribution is -2.44. The number of hydrogen-bond donors (Lipinski definition) is 2. The molecule has 1 fully saturated rings. The molecule has 25 heavy (non-hydrogen) atoms. The van der Waals surface area contributed by atoms with Crippen molar-refractivity contribution in [3.8, 4) is 10.6 Å². The maximum absolute atomic E-state index is 12.6. The minimum Gasteiger partial charge on any atom is -0.396 e. The second kappa shape index (κ2) is 7.41. The number of hydrogen-bond acceptors (Lipinski definition) is 5. The molecule has 0 aliphatic carbocycles. The van der Waals surface area contributed by atoms with E-state index in [1.807, 2.05) is 5.38 Å². The molecule has 0 spiro atoms. The molecule has 136 valence electrons. The molecule has 1 aliphatic rings. The van der Waals surface area contributed by atoms with E-state index in [0.29, 0.717) is 30.1 Å². The molecule has 2 N–H and O–H groups in total. The predicted molar refractivity (Wildman–Crippen MR) is 89.0 cm³/mol. The Morgan fingerprint density at radius 3 is 2.60 bits per heavy atom. The van der Waals surface area contributed by atoms with Crippen LogP contribution in [0.15, 0.2) is 29.6 Å². The van der Waals surface area contributed by atoms with Crippen molar-refractivity contribution in [3.63, 3.8) is 0 Å². The Labute approximate surface area is 147 Å². The van der Waals surface area contributed by atoms with Crippen LogP contribution in [0.2, 0.25) is 0 Å². The number of aliphatic hydroxyl groups excluding tert-OH is 2. The lowest BCUT2D eigenvalue weighted by atomic mass is 9.95. The molecule has 0 bridgehead atoms. The van der Waals surface area contributed by atoms with E-state index in [2.05, 4.69) is 9.88 Å². The van der Waals surface area contributed by atoms with E-state index < -0.39 is 17.8 Å². The second-order valence-electron chi connectivity index (χ2n) is 6.25. The van der Waals surface area contributed by atoms with Crippen LogP contribution in [0.5, 0.6) is 0 Å². The second-order valence-corrected chi connectivity index (χ2v) is 7.11. The Morgan fingerprint density at radius 1 is 1.24 bits per heavy atom. The van der Waals surface area contributed by atoms with Crippen LogP contribution in [0, 0.1) is 5.92 Å². The fourth-order valence-electron chi connectivity index (χ4n) is 2.96. The Kier molecular flexibility index (Phi) is 5.43. The van der Waals surface area contributed by atoms with Gasteiger partial charge in [0.15, 0.2) is 0 Å². The molecular weight excluding hydrogens is 353 g/mol. The maximum Gasteiger partial charge on any atom is 0.416 e. The van der Waals surface area contributed by atoms with Gasteiger partial charge >= 0.3 is 6.18 Å². The molecule has 8 heteroatoms. The first-order valence-electron chi connectivity index (χ1n) is 8.00. The fraction of sp³-hybridized carbons (Fsp3) is 0.471. The Balaban J connectivity index is 1.66. The quantitative estimate of drug-likeness (QED) is 0.866. The van der Waals surface area contributed by atoms with Gasteiger partial charge in [0.25, 0.3) is 0 Å². The van der Waals surface area contributed by atoms with Crippen molar-refractivity contribution in [1.82, 2.24) is 9.88 Å². The van der Waals surface area contributed by atoms with Crippen LogP contribution in [0.3, 0.4) is 0 Å². The van der Waals surface area contributed by atoms with Gasteiger partial charge in [0.1, 0.15) is 5.01 Å². The van der Waals surface area contributed by atoms with E-state index in [1.54, 1.807) is 0 Å². The molecule has 2 aromatic rings. The van der Waals surface area contributed by atoms with Crippen molar-refractivity contribution in [2.75, 3.05) is 19.7 Å². The fourth-order valence-corrected chi connectivity index (χ4v) is 3.78. The zero-order chi connectivity index (χ0) is 18.0. The van der Waals surface area contributed by atoms with Crippen molar-refractivity contribution < 1.29 is 23.4 Å². The molecular formula is C17H19F3N2O2S. The van der Waals surface area contributed by atoms with Gasteiger partial charge in [-0.25, -0.2) is 4.98 Å². The average Bonchev–Trinajstić information content (AvgIpc) is 3.04. The highest BCUT2D eigenvalue weighted by Crippen LogP contribution is 2.32. The highest BCUT2D eigenvalue weighted by Gasteiger charge is 2.30. The third-order valence-corrected chi connectivity index (χ3v) is 5.35. The topological polar surface area (TPSA) is 56.6 Å². The molecule has 4 nitrogen and oxygen atoms in total. The van der Waals surface area contributed by atoms with Crippen molar-refractivity contribution >= 4 is 11.3 Å². The molecule has 0 saturated carbocycles. The first kappa shape index (κ1) is 18.3. The number of alkyl halides is 3. The normalized spacial score (nSPS) is 22.3. The summed E-state index contributed by atoms with van der Waals surface area (Å²) < 4.78 is 37.9. The van der Waals surface area contributed by atoms with Crippen LogP contribution in [0.25, 0.3) is 10.6 Å². The number of rotatable bonds is 4. The van der Waals surface area contributed by atoms with Crippen LogP contribution in [0.1, 0.15) is 17.7 Å². The Morgan fingerprint density at radius 2 is 1.96 bits per heavy atom. The first-order chi connectivity index (χ1) is 11.9. The number of aliphatic hydroxyl groups is 2. The van der Waals surface area contributed by atoms with Crippen LogP contribution in [-0.2, 0) is 12.7 Å².